The van der Waals surface area contributed by atoms with Crippen LogP contribution in [0.1, 0.15) is 29.9 Å². The molecule has 0 atom stereocenters. The average Bonchev–Trinajstić information content (AvgIpc) is 3.30. The van der Waals surface area contributed by atoms with E-state index in [1.54, 1.807) is 7.11 Å². The topological polar surface area (TPSA) is 21.3 Å². The van der Waals surface area contributed by atoms with Gasteiger partial charge in [0.1, 0.15) is 5.75 Å². The van der Waals surface area contributed by atoms with Crippen molar-refractivity contribution in [2.45, 2.75) is 25.3 Å². The predicted octanol–water partition coefficient (Wildman–Crippen LogP) is 4.95. The van der Waals surface area contributed by atoms with Crippen molar-refractivity contribution in [3.63, 3.8) is 0 Å². The van der Waals surface area contributed by atoms with Gasteiger partial charge < -0.3 is 10.1 Å². The fourth-order valence-corrected chi connectivity index (χ4v) is 2.85. The van der Waals surface area contributed by atoms with Crippen molar-refractivity contribution in [3.8, 4) is 5.75 Å². The summed E-state index contributed by atoms with van der Waals surface area (Å²) >= 11 is 3.50. The summed E-state index contributed by atoms with van der Waals surface area (Å²) in [6.45, 7) is 0.837. The SMILES string of the molecule is COc1ccc(NCc2ccc(C3CC3)cc2)cc1Br. The number of halogens is 1. The Morgan fingerprint density at radius 2 is 1.90 bits per heavy atom. The highest BCUT2D eigenvalue weighted by Gasteiger charge is 2.22. The Kier molecular flexibility index (Phi) is 3.97. The highest BCUT2D eigenvalue weighted by molar-refractivity contribution is 9.10. The molecule has 20 heavy (non-hydrogen) atoms. The lowest BCUT2D eigenvalue weighted by atomic mass is 10.1. The quantitative estimate of drug-likeness (QED) is 0.837. The third kappa shape index (κ3) is 3.15. The summed E-state index contributed by atoms with van der Waals surface area (Å²) in [5.74, 6) is 1.68. The minimum atomic E-state index is 0.828. The molecule has 1 fully saturated rings. The number of ether oxygens (including phenoxy) is 1. The molecule has 1 aliphatic carbocycles. The second-order valence-corrected chi connectivity index (χ2v) is 6.07. The molecule has 1 aliphatic rings. The van der Waals surface area contributed by atoms with Gasteiger partial charge in [0.2, 0.25) is 0 Å². The van der Waals surface area contributed by atoms with Gasteiger partial charge in [0.15, 0.2) is 0 Å². The molecule has 0 aliphatic heterocycles. The molecular formula is C17H18BrNO. The molecule has 0 unspecified atom stereocenters. The summed E-state index contributed by atoms with van der Waals surface area (Å²) in [6.07, 6.45) is 2.72. The van der Waals surface area contributed by atoms with Crippen LogP contribution in [0.15, 0.2) is 46.9 Å². The molecule has 0 amide bonds. The maximum absolute atomic E-state index is 5.23. The van der Waals surface area contributed by atoms with Crippen molar-refractivity contribution in [1.29, 1.82) is 0 Å². The molecule has 0 aromatic heterocycles. The van der Waals surface area contributed by atoms with E-state index in [4.69, 9.17) is 4.74 Å². The van der Waals surface area contributed by atoms with Gasteiger partial charge in [-0.25, -0.2) is 0 Å². The van der Waals surface area contributed by atoms with Crippen molar-refractivity contribution < 1.29 is 4.74 Å². The van der Waals surface area contributed by atoms with E-state index in [2.05, 4.69) is 45.5 Å². The van der Waals surface area contributed by atoms with Crippen molar-refractivity contribution in [2.75, 3.05) is 12.4 Å². The lowest BCUT2D eigenvalue weighted by molar-refractivity contribution is 0.412. The van der Waals surface area contributed by atoms with E-state index >= 15 is 0 Å². The molecule has 0 bridgehead atoms. The third-order valence-electron chi connectivity index (χ3n) is 3.68. The number of rotatable bonds is 5. The smallest absolute Gasteiger partial charge is 0.133 e. The number of nitrogens with one attached hydrogen (secondary N) is 1. The van der Waals surface area contributed by atoms with Crippen molar-refractivity contribution in [3.05, 3.63) is 58.1 Å². The Morgan fingerprint density at radius 1 is 1.15 bits per heavy atom. The second kappa shape index (κ2) is 5.88. The molecule has 104 valence electrons. The van der Waals surface area contributed by atoms with Gasteiger partial charge in [-0.05, 0) is 64.0 Å². The highest BCUT2D eigenvalue weighted by atomic mass is 79.9. The number of anilines is 1. The largest absolute Gasteiger partial charge is 0.496 e. The van der Waals surface area contributed by atoms with E-state index < -0.39 is 0 Å². The zero-order valence-electron chi connectivity index (χ0n) is 11.5. The van der Waals surface area contributed by atoms with Crippen LogP contribution in [0.25, 0.3) is 0 Å². The van der Waals surface area contributed by atoms with Gasteiger partial charge in [-0.3, -0.25) is 0 Å². The van der Waals surface area contributed by atoms with Crippen LogP contribution in [0, 0.1) is 0 Å². The summed E-state index contributed by atoms with van der Waals surface area (Å²) in [7, 11) is 1.68. The molecule has 0 heterocycles. The predicted molar refractivity (Wildman–Crippen MR) is 86.4 cm³/mol. The number of benzene rings is 2. The van der Waals surface area contributed by atoms with E-state index in [1.165, 1.54) is 24.0 Å². The van der Waals surface area contributed by atoms with Gasteiger partial charge in [0, 0.05) is 12.2 Å². The normalized spacial score (nSPS) is 14.1. The molecule has 2 aromatic rings. The first-order valence-corrected chi connectivity index (χ1v) is 7.72. The lowest BCUT2D eigenvalue weighted by Crippen LogP contribution is -1.99. The first kappa shape index (κ1) is 13.5. The van der Waals surface area contributed by atoms with E-state index in [0.717, 1.165) is 28.4 Å². The van der Waals surface area contributed by atoms with E-state index in [-0.39, 0.29) is 0 Å². The molecule has 2 aromatic carbocycles. The summed E-state index contributed by atoms with van der Waals surface area (Å²) < 4.78 is 6.20. The molecule has 1 saturated carbocycles. The Morgan fingerprint density at radius 3 is 2.50 bits per heavy atom. The zero-order valence-corrected chi connectivity index (χ0v) is 13.1. The van der Waals surface area contributed by atoms with Crippen LogP contribution in [0.5, 0.6) is 5.75 Å². The zero-order chi connectivity index (χ0) is 13.9. The van der Waals surface area contributed by atoms with Gasteiger partial charge >= 0.3 is 0 Å². The van der Waals surface area contributed by atoms with Gasteiger partial charge in [0.25, 0.3) is 0 Å². The molecule has 3 rings (SSSR count). The van der Waals surface area contributed by atoms with E-state index in [1.807, 2.05) is 18.2 Å². The number of methoxy groups -OCH3 is 1. The van der Waals surface area contributed by atoms with Crippen LogP contribution in [-0.4, -0.2) is 7.11 Å². The Bertz CT molecular complexity index is 590. The highest BCUT2D eigenvalue weighted by Crippen LogP contribution is 2.39. The monoisotopic (exact) mass is 331 g/mol. The Balaban J connectivity index is 1.62. The van der Waals surface area contributed by atoms with Gasteiger partial charge in [-0.1, -0.05) is 24.3 Å². The van der Waals surface area contributed by atoms with Crippen LogP contribution in [0.3, 0.4) is 0 Å². The van der Waals surface area contributed by atoms with Gasteiger partial charge in [0.05, 0.1) is 11.6 Å². The van der Waals surface area contributed by atoms with Crippen LogP contribution in [-0.2, 0) is 6.54 Å². The Labute approximate surface area is 128 Å². The van der Waals surface area contributed by atoms with Gasteiger partial charge in [-0.15, -0.1) is 0 Å². The van der Waals surface area contributed by atoms with Crippen LogP contribution >= 0.6 is 15.9 Å². The summed E-state index contributed by atoms with van der Waals surface area (Å²) in [6, 6.07) is 15.0. The number of hydrogen-bond acceptors (Lipinski definition) is 2. The van der Waals surface area contributed by atoms with Crippen molar-refractivity contribution >= 4 is 21.6 Å². The first-order chi connectivity index (χ1) is 9.76. The van der Waals surface area contributed by atoms with Crippen molar-refractivity contribution in [2.24, 2.45) is 0 Å². The molecule has 3 heteroatoms. The van der Waals surface area contributed by atoms with Crippen molar-refractivity contribution in [1.82, 2.24) is 0 Å². The fraction of sp³-hybridized carbons (Fsp3) is 0.294. The first-order valence-electron chi connectivity index (χ1n) is 6.92. The lowest BCUT2D eigenvalue weighted by Gasteiger charge is -2.09. The van der Waals surface area contributed by atoms with Crippen LogP contribution in [0.4, 0.5) is 5.69 Å². The molecule has 0 radical (unpaired) electrons. The van der Waals surface area contributed by atoms with Crippen LogP contribution in [0.2, 0.25) is 0 Å². The summed E-state index contributed by atoms with van der Waals surface area (Å²) in [5, 5.41) is 3.43. The molecule has 2 nitrogen and oxygen atoms in total. The molecule has 1 N–H and O–H groups in total. The summed E-state index contributed by atoms with van der Waals surface area (Å²) in [5.41, 5.74) is 3.88. The standard InChI is InChI=1S/C17H18BrNO/c1-20-17-9-8-15(10-16(17)18)19-11-12-2-4-13(5-3-12)14-6-7-14/h2-5,8-10,14,19H,6-7,11H2,1H3. The molecule has 0 saturated heterocycles. The van der Waals surface area contributed by atoms with Gasteiger partial charge in [-0.2, -0.15) is 0 Å². The van der Waals surface area contributed by atoms with E-state index in [9.17, 15) is 0 Å². The second-order valence-electron chi connectivity index (χ2n) is 5.22. The minimum Gasteiger partial charge on any atom is -0.496 e. The maximum atomic E-state index is 5.23. The van der Waals surface area contributed by atoms with E-state index in [0.29, 0.717) is 0 Å². The Hall–Kier alpha value is -1.48. The maximum Gasteiger partial charge on any atom is 0.133 e. The summed E-state index contributed by atoms with van der Waals surface area (Å²) in [4.78, 5) is 0. The third-order valence-corrected chi connectivity index (χ3v) is 4.30. The number of hydrogen-bond donors (Lipinski definition) is 1. The fourth-order valence-electron chi connectivity index (χ4n) is 2.30. The molecular weight excluding hydrogens is 314 g/mol. The van der Waals surface area contributed by atoms with Crippen LogP contribution < -0.4 is 10.1 Å². The minimum absolute atomic E-state index is 0.828. The average molecular weight is 332 g/mol. The molecule has 0 spiro atoms.